The van der Waals surface area contributed by atoms with Gasteiger partial charge in [0.15, 0.2) is 0 Å². The molecule has 0 amide bonds. The molecular weight excluding hydrogens is 289 g/mol. The van der Waals surface area contributed by atoms with Gasteiger partial charge in [-0.1, -0.05) is 35.9 Å². The molecule has 2 aromatic carbocycles. The monoisotopic (exact) mass is 297 g/mol. The van der Waals surface area contributed by atoms with Gasteiger partial charge >= 0.3 is 5.69 Å². The Morgan fingerprint density at radius 1 is 1.16 bits per heavy atom. The average Bonchev–Trinajstić information content (AvgIpc) is 2.41. The molecule has 19 heavy (non-hydrogen) atoms. The smallest absolute Gasteiger partial charge is 0.313 e. The van der Waals surface area contributed by atoms with E-state index in [4.69, 9.17) is 27.9 Å². The van der Waals surface area contributed by atoms with E-state index >= 15 is 0 Å². The van der Waals surface area contributed by atoms with Crippen molar-refractivity contribution in [3.63, 3.8) is 0 Å². The summed E-state index contributed by atoms with van der Waals surface area (Å²) in [6.45, 7) is 0. The third-order valence-corrected chi connectivity index (χ3v) is 3.06. The standard InChI is InChI=1S/C13H9Cl2NO3/c14-8-9-4-1-2-7-12(9)19-13-10(15)5-3-6-11(13)16(17)18/h1-7H,8H2. The van der Waals surface area contributed by atoms with Gasteiger partial charge < -0.3 is 4.74 Å². The van der Waals surface area contributed by atoms with Crippen LogP contribution in [0.5, 0.6) is 11.5 Å². The minimum absolute atomic E-state index is 0.0201. The van der Waals surface area contributed by atoms with Crippen LogP contribution in [-0.2, 0) is 5.88 Å². The lowest BCUT2D eigenvalue weighted by Crippen LogP contribution is -1.95. The number of benzene rings is 2. The first-order chi connectivity index (χ1) is 9.13. The summed E-state index contributed by atoms with van der Waals surface area (Å²) in [6.07, 6.45) is 0. The van der Waals surface area contributed by atoms with E-state index in [9.17, 15) is 10.1 Å². The Balaban J connectivity index is 2.46. The molecule has 0 aliphatic carbocycles. The van der Waals surface area contributed by atoms with Crippen LogP contribution in [-0.4, -0.2) is 4.92 Å². The summed E-state index contributed by atoms with van der Waals surface area (Å²) in [7, 11) is 0. The first-order valence-electron chi connectivity index (χ1n) is 5.38. The lowest BCUT2D eigenvalue weighted by atomic mass is 10.2. The Morgan fingerprint density at radius 2 is 1.89 bits per heavy atom. The van der Waals surface area contributed by atoms with Crippen LogP contribution in [0.1, 0.15) is 5.56 Å². The number of nitro groups is 1. The molecule has 0 heterocycles. The Morgan fingerprint density at radius 3 is 2.58 bits per heavy atom. The molecule has 0 aliphatic rings. The molecule has 6 heteroatoms. The molecule has 98 valence electrons. The quantitative estimate of drug-likeness (QED) is 0.463. The third kappa shape index (κ3) is 2.97. The van der Waals surface area contributed by atoms with Gasteiger partial charge in [-0.05, 0) is 12.1 Å². The minimum atomic E-state index is -0.537. The molecule has 0 aromatic heterocycles. The maximum Gasteiger partial charge on any atom is 0.313 e. The molecule has 0 saturated carbocycles. The van der Waals surface area contributed by atoms with E-state index in [0.29, 0.717) is 5.75 Å². The van der Waals surface area contributed by atoms with Crippen LogP contribution >= 0.6 is 23.2 Å². The normalized spacial score (nSPS) is 10.2. The molecule has 2 rings (SSSR count). The number of para-hydroxylation sites is 2. The van der Waals surface area contributed by atoms with Gasteiger partial charge in [-0.2, -0.15) is 0 Å². The van der Waals surface area contributed by atoms with E-state index in [0.717, 1.165) is 5.56 Å². The Bertz CT molecular complexity index is 617. The summed E-state index contributed by atoms with van der Waals surface area (Å²) in [5.74, 6) is 0.717. The van der Waals surface area contributed by atoms with Crippen LogP contribution in [0.2, 0.25) is 5.02 Å². The second kappa shape index (κ2) is 5.91. The third-order valence-electron chi connectivity index (χ3n) is 2.47. The predicted molar refractivity (Wildman–Crippen MR) is 74.2 cm³/mol. The molecule has 2 aromatic rings. The zero-order valence-corrected chi connectivity index (χ0v) is 11.2. The SMILES string of the molecule is O=[N+]([O-])c1cccc(Cl)c1Oc1ccccc1CCl. The van der Waals surface area contributed by atoms with Gasteiger partial charge in [-0.15, -0.1) is 11.6 Å². The summed E-state index contributed by atoms with van der Waals surface area (Å²) in [5.41, 5.74) is 0.551. The van der Waals surface area contributed by atoms with Gasteiger partial charge in [0.05, 0.1) is 15.8 Å². The molecule has 0 fully saturated rings. The van der Waals surface area contributed by atoms with E-state index in [1.807, 2.05) is 6.07 Å². The van der Waals surface area contributed by atoms with E-state index < -0.39 is 4.92 Å². The van der Waals surface area contributed by atoms with Crippen LogP contribution in [0, 0.1) is 10.1 Å². The predicted octanol–water partition coefficient (Wildman–Crippen LogP) is 4.78. The van der Waals surface area contributed by atoms with Crippen molar-refractivity contribution in [3.05, 3.63) is 63.2 Å². The topological polar surface area (TPSA) is 52.4 Å². The van der Waals surface area contributed by atoms with Crippen LogP contribution < -0.4 is 4.74 Å². The van der Waals surface area contributed by atoms with Crippen LogP contribution in [0.3, 0.4) is 0 Å². The Labute approximate surface area is 119 Å². The van der Waals surface area contributed by atoms with E-state index in [-0.39, 0.29) is 22.3 Å². The van der Waals surface area contributed by atoms with E-state index in [1.165, 1.54) is 18.2 Å². The van der Waals surface area contributed by atoms with Crippen molar-refractivity contribution >= 4 is 28.9 Å². The molecule has 0 radical (unpaired) electrons. The van der Waals surface area contributed by atoms with E-state index in [2.05, 4.69) is 0 Å². The highest BCUT2D eigenvalue weighted by Gasteiger charge is 2.19. The fraction of sp³-hybridized carbons (Fsp3) is 0.0769. The average molecular weight is 298 g/mol. The van der Waals surface area contributed by atoms with Crippen LogP contribution in [0.25, 0.3) is 0 Å². The van der Waals surface area contributed by atoms with Gasteiger partial charge in [0.1, 0.15) is 5.75 Å². The number of hydrogen-bond donors (Lipinski definition) is 0. The molecule has 0 atom stereocenters. The van der Waals surface area contributed by atoms with Crippen molar-refractivity contribution in [1.29, 1.82) is 0 Å². The van der Waals surface area contributed by atoms with Crippen molar-refractivity contribution in [2.75, 3.05) is 0 Å². The van der Waals surface area contributed by atoms with Gasteiger partial charge in [0.2, 0.25) is 5.75 Å². The molecule has 0 N–H and O–H groups in total. The lowest BCUT2D eigenvalue weighted by molar-refractivity contribution is -0.385. The number of halogens is 2. The van der Waals surface area contributed by atoms with Gasteiger partial charge in [0, 0.05) is 11.6 Å². The highest BCUT2D eigenvalue weighted by Crippen LogP contribution is 2.38. The Kier molecular flexibility index (Phi) is 4.24. The maximum absolute atomic E-state index is 11.0. The molecular formula is C13H9Cl2NO3. The molecule has 0 unspecified atom stereocenters. The first kappa shape index (κ1) is 13.6. The first-order valence-corrected chi connectivity index (χ1v) is 6.29. The van der Waals surface area contributed by atoms with Crippen LogP contribution in [0.4, 0.5) is 5.69 Å². The summed E-state index contributed by atoms with van der Waals surface area (Å²) in [6, 6.07) is 11.4. The summed E-state index contributed by atoms with van der Waals surface area (Å²) in [4.78, 5) is 10.4. The fourth-order valence-electron chi connectivity index (χ4n) is 1.57. The number of rotatable bonds is 4. The Hall–Kier alpha value is -1.78. The van der Waals surface area contributed by atoms with E-state index in [1.54, 1.807) is 18.2 Å². The molecule has 0 aliphatic heterocycles. The summed E-state index contributed by atoms with van der Waals surface area (Å²) in [5, 5.41) is 11.1. The zero-order valence-electron chi connectivity index (χ0n) is 9.68. The van der Waals surface area contributed by atoms with Gasteiger partial charge in [-0.25, -0.2) is 0 Å². The zero-order chi connectivity index (χ0) is 13.8. The molecule has 0 saturated heterocycles. The minimum Gasteiger partial charge on any atom is -0.448 e. The van der Waals surface area contributed by atoms with Crippen molar-refractivity contribution in [3.8, 4) is 11.5 Å². The molecule has 0 bridgehead atoms. The number of hydrogen-bond acceptors (Lipinski definition) is 3. The van der Waals surface area contributed by atoms with Gasteiger partial charge in [0.25, 0.3) is 0 Å². The van der Waals surface area contributed by atoms with Crippen LogP contribution in [0.15, 0.2) is 42.5 Å². The number of alkyl halides is 1. The highest BCUT2D eigenvalue weighted by molar-refractivity contribution is 6.32. The fourth-order valence-corrected chi connectivity index (χ4v) is 1.99. The number of ether oxygens (including phenoxy) is 1. The number of nitrogens with zero attached hydrogens (tertiary/aromatic N) is 1. The summed E-state index contributed by atoms with van der Waals surface area (Å²) < 4.78 is 5.57. The second-order valence-corrected chi connectivity index (χ2v) is 4.36. The van der Waals surface area contributed by atoms with Crippen molar-refractivity contribution < 1.29 is 9.66 Å². The van der Waals surface area contributed by atoms with Crippen molar-refractivity contribution in [1.82, 2.24) is 0 Å². The molecule has 0 spiro atoms. The van der Waals surface area contributed by atoms with Crippen molar-refractivity contribution in [2.24, 2.45) is 0 Å². The number of nitro benzene ring substituents is 1. The lowest BCUT2D eigenvalue weighted by Gasteiger charge is -2.10. The van der Waals surface area contributed by atoms with Gasteiger partial charge in [-0.3, -0.25) is 10.1 Å². The molecule has 4 nitrogen and oxygen atoms in total. The highest BCUT2D eigenvalue weighted by atomic mass is 35.5. The summed E-state index contributed by atoms with van der Waals surface area (Å²) >= 11 is 11.8. The second-order valence-electron chi connectivity index (χ2n) is 3.69. The maximum atomic E-state index is 11.0. The largest absolute Gasteiger partial charge is 0.448 e. The van der Waals surface area contributed by atoms with Crippen molar-refractivity contribution in [2.45, 2.75) is 5.88 Å².